The van der Waals surface area contributed by atoms with E-state index in [0.29, 0.717) is 12.1 Å². The summed E-state index contributed by atoms with van der Waals surface area (Å²) in [5, 5.41) is 4.52. The van der Waals surface area contributed by atoms with Gasteiger partial charge in [0.25, 0.3) is 0 Å². The van der Waals surface area contributed by atoms with Gasteiger partial charge in [0.1, 0.15) is 0 Å². The summed E-state index contributed by atoms with van der Waals surface area (Å²) in [6.45, 7) is 6.97. The SMILES string of the molecule is CC(C)N1CC2CC(C1)[N-]2.[Y]. The quantitative estimate of drug-likeness (QED) is 0.659. The molecule has 3 heteroatoms. The van der Waals surface area contributed by atoms with E-state index in [1.165, 1.54) is 19.5 Å². The maximum absolute atomic E-state index is 4.52. The summed E-state index contributed by atoms with van der Waals surface area (Å²) in [6, 6.07) is 2.11. The van der Waals surface area contributed by atoms with Crippen molar-refractivity contribution in [2.75, 3.05) is 13.1 Å². The Morgan fingerprint density at radius 1 is 1.27 bits per heavy atom. The van der Waals surface area contributed by atoms with Crippen molar-refractivity contribution in [3.63, 3.8) is 0 Å². The van der Waals surface area contributed by atoms with Crippen molar-refractivity contribution >= 4 is 0 Å². The minimum atomic E-state index is 0. The van der Waals surface area contributed by atoms with Gasteiger partial charge in [-0.15, -0.1) is 12.1 Å². The van der Waals surface area contributed by atoms with Crippen LogP contribution in [0, 0.1) is 0 Å². The molecule has 3 fully saturated rings. The molecule has 0 aromatic rings. The molecule has 2 atom stereocenters. The predicted octanol–water partition coefficient (Wildman–Crippen LogP) is 1.22. The number of piperazine rings is 1. The van der Waals surface area contributed by atoms with Crippen LogP contribution in [0.2, 0.25) is 0 Å². The van der Waals surface area contributed by atoms with Gasteiger partial charge in [0.2, 0.25) is 0 Å². The molecule has 0 aromatic carbocycles. The second-order valence-corrected chi connectivity index (χ2v) is 3.74. The van der Waals surface area contributed by atoms with E-state index in [1.54, 1.807) is 0 Å². The molecule has 3 saturated heterocycles. The summed E-state index contributed by atoms with van der Waals surface area (Å²) in [4.78, 5) is 2.53. The van der Waals surface area contributed by atoms with Gasteiger partial charge in [0.05, 0.1) is 0 Å². The Kier molecular flexibility index (Phi) is 3.51. The zero-order valence-electron chi connectivity index (χ0n) is 7.33. The van der Waals surface area contributed by atoms with Crippen molar-refractivity contribution in [1.29, 1.82) is 0 Å². The molecule has 3 heterocycles. The third kappa shape index (κ3) is 2.03. The third-order valence-electron chi connectivity index (χ3n) is 2.59. The van der Waals surface area contributed by atoms with E-state index in [4.69, 9.17) is 0 Å². The second-order valence-electron chi connectivity index (χ2n) is 3.74. The van der Waals surface area contributed by atoms with Crippen LogP contribution < -0.4 is 0 Å². The predicted molar refractivity (Wildman–Crippen MR) is 42.3 cm³/mol. The van der Waals surface area contributed by atoms with Crippen molar-refractivity contribution in [2.24, 2.45) is 0 Å². The minimum Gasteiger partial charge on any atom is -0.655 e. The van der Waals surface area contributed by atoms with Crippen LogP contribution in [0.15, 0.2) is 0 Å². The monoisotopic (exact) mass is 228 g/mol. The second kappa shape index (κ2) is 3.82. The standard InChI is InChI=1S/C8H15N2.Y/c1-6(2)10-4-7-3-8(5-10)9-7;/h6-8H,3-5H2,1-2H3;/q-1;. The van der Waals surface area contributed by atoms with E-state index in [0.717, 1.165) is 6.04 Å². The van der Waals surface area contributed by atoms with Crippen LogP contribution in [-0.2, 0) is 32.7 Å². The van der Waals surface area contributed by atoms with Gasteiger partial charge >= 0.3 is 0 Å². The van der Waals surface area contributed by atoms with Gasteiger partial charge < -0.3 is 10.2 Å². The molecule has 0 N–H and O–H groups in total. The molecule has 0 saturated carbocycles. The van der Waals surface area contributed by atoms with Gasteiger partial charge in [-0.3, -0.25) is 0 Å². The Morgan fingerprint density at radius 3 is 2.00 bits per heavy atom. The molecular weight excluding hydrogens is 213 g/mol. The number of piperidine rings is 1. The Morgan fingerprint density at radius 2 is 1.73 bits per heavy atom. The first-order valence-electron chi connectivity index (χ1n) is 4.19. The summed E-state index contributed by atoms with van der Waals surface area (Å²) in [7, 11) is 0. The fourth-order valence-corrected chi connectivity index (χ4v) is 1.88. The fraction of sp³-hybridized carbons (Fsp3) is 1.00. The molecule has 2 unspecified atom stereocenters. The molecule has 3 aliphatic rings. The summed E-state index contributed by atoms with van der Waals surface area (Å²) in [5.74, 6) is 0. The summed E-state index contributed by atoms with van der Waals surface area (Å²) < 4.78 is 0. The van der Waals surface area contributed by atoms with Crippen LogP contribution in [-0.4, -0.2) is 36.1 Å². The topological polar surface area (TPSA) is 17.3 Å². The van der Waals surface area contributed by atoms with Gasteiger partial charge in [-0.1, -0.05) is 6.42 Å². The molecule has 2 nitrogen and oxygen atoms in total. The van der Waals surface area contributed by atoms with Gasteiger partial charge in [-0.05, 0) is 26.9 Å². The number of rotatable bonds is 1. The first-order valence-corrected chi connectivity index (χ1v) is 4.19. The maximum Gasteiger partial charge on any atom is 0.00373 e. The smallest absolute Gasteiger partial charge is 0.00373 e. The molecule has 2 bridgehead atoms. The first kappa shape index (κ1) is 10.1. The van der Waals surface area contributed by atoms with Crippen LogP contribution in [0.4, 0.5) is 0 Å². The van der Waals surface area contributed by atoms with Crippen LogP contribution in [0.5, 0.6) is 0 Å². The molecule has 11 heavy (non-hydrogen) atoms. The minimum absolute atomic E-state index is 0. The van der Waals surface area contributed by atoms with Gasteiger partial charge in [0, 0.05) is 38.8 Å². The van der Waals surface area contributed by atoms with Gasteiger partial charge in [-0.2, -0.15) is 0 Å². The Balaban J connectivity index is 0.000000605. The molecule has 0 aliphatic carbocycles. The number of hydrogen-bond acceptors (Lipinski definition) is 1. The molecule has 3 aliphatic heterocycles. The Bertz CT molecular complexity index is 122. The van der Waals surface area contributed by atoms with Gasteiger partial charge in [-0.25, -0.2) is 0 Å². The maximum atomic E-state index is 4.52. The third-order valence-corrected chi connectivity index (χ3v) is 2.59. The van der Waals surface area contributed by atoms with E-state index in [9.17, 15) is 0 Å². The average molecular weight is 228 g/mol. The molecule has 0 amide bonds. The van der Waals surface area contributed by atoms with Crippen LogP contribution >= 0.6 is 0 Å². The van der Waals surface area contributed by atoms with Crippen LogP contribution in [0.3, 0.4) is 0 Å². The molecule has 61 valence electrons. The van der Waals surface area contributed by atoms with E-state index in [2.05, 4.69) is 24.1 Å². The summed E-state index contributed by atoms with van der Waals surface area (Å²) >= 11 is 0. The van der Waals surface area contributed by atoms with Crippen molar-refractivity contribution in [1.82, 2.24) is 4.90 Å². The molecule has 1 radical (unpaired) electrons. The van der Waals surface area contributed by atoms with Gasteiger partial charge in [0.15, 0.2) is 0 Å². The molecule has 0 spiro atoms. The molecular formula is C8H15N2Y-. The van der Waals surface area contributed by atoms with E-state index in [1.807, 2.05) is 0 Å². The van der Waals surface area contributed by atoms with Crippen LogP contribution in [0.25, 0.3) is 5.32 Å². The van der Waals surface area contributed by atoms with Crippen LogP contribution in [0.1, 0.15) is 20.3 Å². The Hall–Kier alpha value is 1.02. The zero-order chi connectivity index (χ0) is 7.14. The van der Waals surface area contributed by atoms with Crippen molar-refractivity contribution in [3.05, 3.63) is 5.32 Å². The van der Waals surface area contributed by atoms with E-state index < -0.39 is 0 Å². The fourth-order valence-electron chi connectivity index (χ4n) is 1.88. The average Bonchev–Trinajstić information content (AvgIpc) is 1.86. The van der Waals surface area contributed by atoms with Crippen molar-refractivity contribution < 1.29 is 32.7 Å². The largest absolute Gasteiger partial charge is 0.655 e. The first-order chi connectivity index (χ1) is 4.75. The molecule has 3 rings (SSSR count). The summed E-state index contributed by atoms with van der Waals surface area (Å²) in [6.07, 6.45) is 1.36. The van der Waals surface area contributed by atoms with Crippen molar-refractivity contribution in [2.45, 2.75) is 38.4 Å². The Labute approximate surface area is 94.0 Å². The number of nitrogens with zero attached hydrogens (tertiary/aromatic N) is 2. The van der Waals surface area contributed by atoms with Crippen molar-refractivity contribution in [3.8, 4) is 0 Å². The normalized spacial score (nSPS) is 36.3. The zero-order valence-corrected chi connectivity index (χ0v) is 10.2. The summed E-state index contributed by atoms with van der Waals surface area (Å²) in [5.41, 5.74) is 0. The number of fused-ring (bicyclic) bond motifs is 2. The molecule has 0 aromatic heterocycles. The van der Waals surface area contributed by atoms with E-state index >= 15 is 0 Å². The van der Waals surface area contributed by atoms with E-state index in [-0.39, 0.29) is 32.7 Å². The number of hydrogen-bond donors (Lipinski definition) is 0.